The van der Waals surface area contributed by atoms with E-state index in [9.17, 15) is 4.79 Å². The van der Waals surface area contributed by atoms with Crippen molar-refractivity contribution < 1.29 is 4.79 Å². The molecule has 90 valence electrons. The van der Waals surface area contributed by atoms with Crippen LogP contribution in [0.25, 0.3) is 0 Å². The highest BCUT2D eigenvalue weighted by Gasteiger charge is 2.00. The molecule has 0 radical (unpaired) electrons. The maximum atomic E-state index is 11.3. The molecule has 0 aliphatic rings. The second kappa shape index (κ2) is 7.81. The van der Waals surface area contributed by atoms with Crippen LogP contribution in [-0.4, -0.2) is 40.7 Å². The molecule has 0 aliphatic carbocycles. The lowest BCUT2D eigenvalue weighted by atomic mass is 10.3. The second-order valence-corrected chi connectivity index (χ2v) is 3.56. The fraction of sp³-hybridized carbons (Fsp3) is 0.700. The van der Waals surface area contributed by atoms with Gasteiger partial charge in [-0.25, -0.2) is 4.98 Å². The normalized spacial score (nSPS) is 10.3. The lowest BCUT2D eigenvalue weighted by Crippen LogP contribution is -2.34. The predicted molar refractivity (Wildman–Crippen MR) is 60.9 cm³/mol. The van der Waals surface area contributed by atoms with Crippen molar-refractivity contribution in [1.29, 1.82) is 0 Å². The van der Waals surface area contributed by atoms with Gasteiger partial charge in [-0.2, -0.15) is 5.10 Å². The Labute approximate surface area is 95.2 Å². The van der Waals surface area contributed by atoms with E-state index in [1.54, 1.807) is 0 Å². The Balaban J connectivity index is 1.96. The number of aryl methyl sites for hydroxylation is 1. The number of nitrogens with zero attached hydrogens (tertiary/aromatic N) is 2. The minimum atomic E-state index is 0.0472. The summed E-state index contributed by atoms with van der Waals surface area (Å²) in [7, 11) is 0. The Bertz CT molecular complexity index is 285. The molecule has 0 aliphatic heterocycles. The quantitative estimate of drug-likeness (QED) is 0.537. The molecule has 1 heterocycles. The molecular formula is C10H19N5O. The van der Waals surface area contributed by atoms with Gasteiger partial charge in [0.25, 0.3) is 0 Å². The summed E-state index contributed by atoms with van der Waals surface area (Å²) in [5.74, 6) is 0.907. The summed E-state index contributed by atoms with van der Waals surface area (Å²) in [6, 6.07) is 0. The number of H-pyrrole nitrogens is 1. The number of rotatable bonds is 8. The standard InChI is InChI=1S/C10H19N5O/c1-2-5-11-7-10(16)12-6-3-4-9-13-8-14-15-9/h8,11H,2-7H2,1H3,(H,12,16)(H,13,14,15). The van der Waals surface area contributed by atoms with Crippen molar-refractivity contribution in [3.8, 4) is 0 Å². The van der Waals surface area contributed by atoms with Crippen molar-refractivity contribution in [3.05, 3.63) is 12.2 Å². The fourth-order valence-corrected chi connectivity index (χ4v) is 1.28. The van der Waals surface area contributed by atoms with Crippen molar-refractivity contribution in [2.24, 2.45) is 0 Å². The van der Waals surface area contributed by atoms with Crippen molar-refractivity contribution in [2.75, 3.05) is 19.6 Å². The number of carbonyl (C=O) groups excluding carboxylic acids is 1. The Hall–Kier alpha value is -1.43. The minimum Gasteiger partial charge on any atom is -0.355 e. The maximum absolute atomic E-state index is 11.3. The first-order valence-corrected chi connectivity index (χ1v) is 5.64. The Morgan fingerprint density at radius 3 is 3.06 bits per heavy atom. The number of amides is 1. The van der Waals surface area contributed by atoms with E-state index < -0.39 is 0 Å². The molecule has 0 saturated heterocycles. The van der Waals surface area contributed by atoms with Gasteiger partial charge in [-0.15, -0.1) is 0 Å². The first-order chi connectivity index (χ1) is 7.83. The number of hydrogen-bond donors (Lipinski definition) is 3. The van der Waals surface area contributed by atoms with Crippen LogP contribution in [0, 0.1) is 0 Å². The number of carbonyl (C=O) groups is 1. The molecule has 0 atom stereocenters. The van der Waals surface area contributed by atoms with Crippen LogP contribution in [0.15, 0.2) is 6.33 Å². The highest BCUT2D eigenvalue weighted by molar-refractivity contribution is 5.77. The van der Waals surface area contributed by atoms with E-state index in [2.05, 4.69) is 32.7 Å². The highest BCUT2D eigenvalue weighted by atomic mass is 16.1. The van der Waals surface area contributed by atoms with E-state index >= 15 is 0 Å². The molecule has 0 fully saturated rings. The van der Waals surface area contributed by atoms with Crippen molar-refractivity contribution in [1.82, 2.24) is 25.8 Å². The molecule has 6 nitrogen and oxygen atoms in total. The van der Waals surface area contributed by atoms with Crippen LogP contribution in [0.1, 0.15) is 25.6 Å². The van der Waals surface area contributed by atoms with Crippen LogP contribution in [0.4, 0.5) is 0 Å². The zero-order chi connectivity index (χ0) is 11.6. The fourth-order valence-electron chi connectivity index (χ4n) is 1.28. The lowest BCUT2D eigenvalue weighted by molar-refractivity contribution is -0.120. The summed E-state index contributed by atoms with van der Waals surface area (Å²) in [6.45, 7) is 4.03. The molecule has 6 heteroatoms. The van der Waals surface area contributed by atoms with Crippen LogP contribution in [0.2, 0.25) is 0 Å². The van der Waals surface area contributed by atoms with Gasteiger partial charge >= 0.3 is 0 Å². The summed E-state index contributed by atoms with van der Waals surface area (Å²) in [5.41, 5.74) is 0. The SMILES string of the molecule is CCCNCC(=O)NCCCc1ncn[nH]1. The highest BCUT2D eigenvalue weighted by Crippen LogP contribution is 1.91. The molecular weight excluding hydrogens is 206 g/mol. The molecule has 0 saturated carbocycles. The third kappa shape index (κ3) is 5.45. The molecule has 1 rings (SSSR count). The van der Waals surface area contributed by atoms with E-state index in [1.807, 2.05) is 0 Å². The Morgan fingerprint density at radius 1 is 1.50 bits per heavy atom. The van der Waals surface area contributed by atoms with Crippen LogP contribution >= 0.6 is 0 Å². The van der Waals surface area contributed by atoms with Gasteiger partial charge in [0, 0.05) is 13.0 Å². The van der Waals surface area contributed by atoms with Gasteiger partial charge in [-0.3, -0.25) is 9.89 Å². The number of nitrogens with one attached hydrogen (secondary N) is 3. The first-order valence-electron chi connectivity index (χ1n) is 5.64. The average molecular weight is 225 g/mol. The third-order valence-corrected chi connectivity index (χ3v) is 2.09. The van der Waals surface area contributed by atoms with Crippen molar-refractivity contribution in [3.63, 3.8) is 0 Å². The Kier molecular flexibility index (Phi) is 6.17. The topological polar surface area (TPSA) is 82.7 Å². The van der Waals surface area contributed by atoms with Crippen LogP contribution in [0.5, 0.6) is 0 Å². The van der Waals surface area contributed by atoms with Gasteiger partial charge in [0.2, 0.25) is 5.91 Å². The van der Waals surface area contributed by atoms with E-state index in [4.69, 9.17) is 0 Å². The van der Waals surface area contributed by atoms with Gasteiger partial charge in [0.15, 0.2) is 0 Å². The summed E-state index contributed by atoms with van der Waals surface area (Å²) in [4.78, 5) is 15.3. The predicted octanol–water partition coefficient (Wildman–Crippen LogP) is -0.147. The molecule has 16 heavy (non-hydrogen) atoms. The van der Waals surface area contributed by atoms with Gasteiger partial charge in [-0.1, -0.05) is 6.92 Å². The largest absolute Gasteiger partial charge is 0.355 e. The summed E-state index contributed by atoms with van der Waals surface area (Å²) >= 11 is 0. The molecule has 0 aromatic carbocycles. The first kappa shape index (κ1) is 12.6. The van der Waals surface area contributed by atoms with Gasteiger partial charge < -0.3 is 10.6 Å². The van der Waals surface area contributed by atoms with E-state index in [1.165, 1.54) is 6.33 Å². The molecule has 1 aromatic rings. The summed E-state index contributed by atoms with van der Waals surface area (Å²) in [6.07, 6.45) is 4.21. The molecule has 0 unspecified atom stereocenters. The number of hydrogen-bond acceptors (Lipinski definition) is 4. The summed E-state index contributed by atoms with van der Waals surface area (Å²) < 4.78 is 0. The smallest absolute Gasteiger partial charge is 0.233 e. The zero-order valence-corrected chi connectivity index (χ0v) is 9.62. The number of aromatic nitrogens is 3. The summed E-state index contributed by atoms with van der Waals surface area (Å²) in [5, 5.41) is 12.4. The van der Waals surface area contributed by atoms with Crippen LogP contribution in [0.3, 0.4) is 0 Å². The van der Waals surface area contributed by atoms with Gasteiger partial charge in [0.05, 0.1) is 6.54 Å². The van der Waals surface area contributed by atoms with Crippen LogP contribution < -0.4 is 10.6 Å². The molecule has 1 aromatic heterocycles. The van der Waals surface area contributed by atoms with E-state index in [0.717, 1.165) is 31.6 Å². The van der Waals surface area contributed by atoms with Gasteiger partial charge in [0.1, 0.15) is 12.2 Å². The maximum Gasteiger partial charge on any atom is 0.233 e. The van der Waals surface area contributed by atoms with Crippen molar-refractivity contribution in [2.45, 2.75) is 26.2 Å². The molecule has 0 bridgehead atoms. The van der Waals surface area contributed by atoms with E-state index in [-0.39, 0.29) is 5.91 Å². The second-order valence-electron chi connectivity index (χ2n) is 3.56. The van der Waals surface area contributed by atoms with Crippen LogP contribution in [-0.2, 0) is 11.2 Å². The zero-order valence-electron chi connectivity index (χ0n) is 9.62. The molecule has 3 N–H and O–H groups in total. The Morgan fingerprint density at radius 2 is 2.38 bits per heavy atom. The molecule has 0 spiro atoms. The average Bonchev–Trinajstić information content (AvgIpc) is 2.78. The van der Waals surface area contributed by atoms with E-state index in [0.29, 0.717) is 13.1 Å². The lowest BCUT2D eigenvalue weighted by Gasteiger charge is -2.05. The third-order valence-electron chi connectivity index (χ3n) is 2.09. The van der Waals surface area contributed by atoms with Crippen molar-refractivity contribution >= 4 is 5.91 Å². The van der Waals surface area contributed by atoms with Gasteiger partial charge in [-0.05, 0) is 19.4 Å². The minimum absolute atomic E-state index is 0.0472. The monoisotopic (exact) mass is 225 g/mol. The number of aromatic amines is 1. The molecule has 1 amide bonds.